The molecule has 1 saturated heterocycles. The lowest BCUT2D eigenvalue weighted by Gasteiger charge is -2.37. The second kappa shape index (κ2) is 10.4. The van der Waals surface area contributed by atoms with Crippen molar-refractivity contribution in [2.45, 2.75) is 26.3 Å². The van der Waals surface area contributed by atoms with E-state index in [1.165, 1.54) is 0 Å². The highest BCUT2D eigenvalue weighted by Crippen LogP contribution is 2.26. The van der Waals surface area contributed by atoms with Gasteiger partial charge in [-0.1, -0.05) is 22.9 Å². The highest BCUT2D eigenvalue weighted by Gasteiger charge is 2.26. The third-order valence-corrected chi connectivity index (χ3v) is 5.61. The van der Waals surface area contributed by atoms with Gasteiger partial charge < -0.3 is 10.6 Å². The van der Waals surface area contributed by atoms with Gasteiger partial charge in [-0.2, -0.15) is 0 Å². The first-order valence-corrected chi connectivity index (χ1v) is 10.5. The minimum absolute atomic E-state index is 0.0258. The summed E-state index contributed by atoms with van der Waals surface area (Å²) in [6.07, 6.45) is 0.945. The van der Waals surface area contributed by atoms with E-state index < -0.39 is 0 Å². The van der Waals surface area contributed by atoms with E-state index >= 15 is 0 Å². The number of hydrogen-bond acceptors (Lipinski definition) is 4. The molecule has 0 aromatic heterocycles. The zero-order valence-electron chi connectivity index (χ0n) is 15.2. The van der Waals surface area contributed by atoms with Gasteiger partial charge in [-0.25, -0.2) is 0 Å². The van der Waals surface area contributed by atoms with Crippen molar-refractivity contribution in [2.75, 3.05) is 44.6 Å². The van der Waals surface area contributed by atoms with E-state index in [1.807, 2.05) is 32.0 Å². The van der Waals surface area contributed by atoms with Crippen molar-refractivity contribution in [2.24, 2.45) is 0 Å². The maximum atomic E-state index is 12.6. The number of anilines is 1. The average molecular weight is 490 g/mol. The third kappa shape index (κ3) is 6.33. The van der Waals surface area contributed by atoms with E-state index in [9.17, 15) is 9.59 Å². The van der Waals surface area contributed by atoms with Crippen LogP contribution in [0.25, 0.3) is 0 Å². The Hall–Kier alpha value is -0.960. The van der Waals surface area contributed by atoms with Gasteiger partial charge in [-0.3, -0.25) is 19.4 Å². The standard InChI is InChI=1S/C18H26Br2N4O2/c1-3-6-21-17(25)12-23-7-9-24(10-8-23)13(2)18(26)22-16-5-4-14(19)11-15(16)20/h4-5,11,13H,3,6-10,12H2,1-2H3,(H,21,25)(H,22,26). The number of hydrogen-bond donors (Lipinski definition) is 2. The van der Waals surface area contributed by atoms with Gasteiger partial charge in [-0.15, -0.1) is 0 Å². The van der Waals surface area contributed by atoms with Gasteiger partial charge in [0.2, 0.25) is 11.8 Å². The molecule has 2 amide bonds. The number of carbonyl (C=O) groups excluding carboxylic acids is 2. The van der Waals surface area contributed by atoms with Crippen LogP contribution in [-0.2, 0) is 9.59 Å². The van der Waals surface area contributed by atoms with E-state index in [2.05, 4.69) is 52.3 Å². The molecule has 1 aromatic rings. The Balaban J connectivity index is 1.80. The van der Waals surface area contributed by atoms with Crippen LogP contribution in [0.4, 0.5) is 5.69 Å². The molecule has 1 fully saturated rings. The number of nitrogens with one attached hydrogen (secondary N) is 2. The Bertz CT molecular complexity index is 634. The Kier molecular flexibility index (Phi) is 8.53. The highest BCUT2D eigenvalue weighted by atomic mass is 79.9. The molecule has 8 heteroatoms. The Labute approximate surface area is 171 Å². The number of rotatable bonds is 7. The van der Waals surface area contributed by atoms with Gasteiger partial charge >= 0.3 is 0 Å². The fourth-order valence-electron chi connectivity index (χ4n) is 2.83. The van der Waals surface area contributed by atoms with Crippen LogP contribution in [0.3, 0.4) is 0 Å². The van der Waals surface area contributed by atoms with Gasteiger partial charge in [0.25, 0.3) is 0 Å². The van der Waals surface area contributed by atoms with Crippen molar-refractivity contribution < 1.29 is 9.59 Å². The van der Waals surface area contributed by atoms with Crippen LogP contribution in [0, 0.1) is 0 Å². The van der Waals surface area contributed by atoms with E-state index in [-0.39, 0.29) is 17.9 Å². The molecule has 0 saturated carbocycles. The summed E-state index contributed by atoms with van der Waals surface area (Å²) in [7, 11) is 0. The van der Waals surface area contributed by atoms with Gasteiger partial charge in [-0.05, 0) is 47.5 Å². The monoisotopic (exact) mass is 488 g/mol. The fraction of sp³-hybridized carbons (Fsp3) is 0.556. The van der Waals surface area contributed by atoms with Crippen molar-refractivity contribution in [1.82, 2.24) is 15.1 Å². The zero-order valence-corrected chi connectivity index (χ0v) is 18.4. The molecule has 0 aliphatic carbocycles. The van der Waals surface area contributed by atoms with Gasteiger partial charge in [0, 0.05) is 41.7 Å². The van der Waals surface area contributed by atoms with Crippen LogP contribution in [0.1, 0.15) is 20.3 Å². The summed E-state index contributed by atoms with van der Waals surface area (Å²) >= 11 is 6.87. The topological polar surface area (TPSA) is 64.7 Å². The van der Waals surface area contributed by atoms with Gasteiger partial charge in [0.15, 0.2) is 0 Å². The largest absolute Gasteiger partial charge is 0.355 e. The van der Waals surface area contributed by atoms with Gasteiger partial charge in [0.05, 0.1) is 18.3 Å². The number of amides is 2. The molecule has 1 unspecified atom stereocenters. The predicted octanol–water partition coefficient (Wildman–Crippen LogP) is 2.68. The summed E-state index contributed by atoms with van der Waals surface area (Å²) < 4.78 is 1.80. The maximum absolute atomic E-state index is 12.6. The van der Waals surface area contributed by atoms with Crippen LogP contribution in [-0.4, -0.2) is 66.9 Å². The first-order chi connectivity index (χ1) is 12.4. The molecular weight excluding hydrogens is 464 g/mol. The number of halogens is 2. The van der Waals surface area contributed by atoms with Gasteiger partial charge in [0.1, 0.15) is 0 Å². The normalized spacial score (nSPS) is 16.9. The van der Waals surface area contributed by atoms with Crippen molar-refractivity contribution in [1.29, 1.82) is 0 Å². The highest BCUT2D eigenvalue weighted by molar-refractivity contribution is 9.11. The second-order valence-electron chi connectivity index (χ2n) is 6.45. The van der Waals surface area contributed by atoms with E-state index in [4.69, 9.17) is 0 Å². The summed E-state index contributed by atoms with van der Waals surface area (Å²) in [4.78, 5) is 28.7. The first kappa shape index (κ1) is 21.3. The van der Waals surface area contributed by atoms with Crippen molar-refractivity contribution >= 4 is 49.4 Å². The molecule has 1 atom stereocenters. The molecule has 6 nitrogen and oxygen atoms in total. The Morgan fingerprint density at radius 3 is 2.50 bits per heavy atom. The fourth-order valence-corrected chi connectivity index (χ4v) is 3.97. The maximum Gasteiger partial charge on any atom is 0.241 e. The van der Waals surface area contributed by atoms with Crippen LogP contribution < -0.4 is 10.6 Å². The molecule has 0 spiro atoms. The molecule has 0 bridgehead atoms. The van der Waals surface area contributed by atoms with Crippen molar-refractivity contribution in [3.05, 3.63) is 27.1 Å². The van der Waals surface area contributed by atoms with Crippen LogP contribution in [0.15, 0.2) is 27.1 Å². The summed E-state index contributed by atoms with van der Waals surface area (Å²) in [6.45, 7) is 8.25. The smallest absolute Gasteiger partial charge is 0.241 e. The minimum atomic E-state index is -0.221. The van der Waals surface area contributed by atoms with E-state index in [0.717, 1.165) is 53.8 Å². The summed E-state index contributed by atoms with van der Waals surface area (Å²) in [5, 5.41) is 5.88. The molecule has 2 rings (SSSR count). The van der Waals surface area contributed by atoms with Crippen LogP contribution in [0.2, 0.25) is 0 Å². The lowest BCUT2D eigenvalue weighted by atomic mass is 10.2. The van der Waals surface area contributed by atoms with Crippen molar-refractivity contribution in [3.63, 3.8) is 0 Å². The van der Waals surface area contributed by atoms with Crippen LogP contribution >= 0.6 is 31.9 Å². The molecule has 26 heavy (non-hydrogen) atoms. The zero-order chi connectivity index (χ0) is 19.1. The molecule has 1 aliphatic rings. The average Bonchev–Trinajstić information content (AvgIpc) is 2.62. The number of benzene rings is 1. The number of piperazine rings is 1. The van der Waals surface area contributed by atoms with Crippen molar-refractivity contribution in [3.8, 4) is 0 Å². The van der Waals surface area contributed by atoms with E-state index in [0.29, 0.717) is 6.54 Å². The first-order valence-electron chi connectivity index (χ1n) is 8.89. The second-order valence-corrected chi connectivity index (χ2v) is 8.22. The number of carbonyl (C=O) groups is 2. The molecule has 1 heterocycles. The SMILES string of the molecule is CCCNC(=O)CN1CCN(C(C)C(=O)Nc2ccc(Br)cc2Br)CC1. The lowest BCUT2D eigenvalue weighted by Crippen LogP contribution is -2.54. The van der Waals surface area contributed by atoms with E-state index in [1.54, 1.807) is 0 Å². The summed E-state index contributed by atoms with van der Waals surface area (Å²) in [5.41, 5.74) is 0.760. The molecular formula is C18H26Br2N4O2. The lowest BCUT2D eigenvalue weighted by molar-refractivity contribution is -0.124. The number of nitrogens with zero attached hydrogens (tertiary/aromatic N) is 2. The molecule has 2 N–H and O–H groups in total. The molecule has 1 aliphatic heterocycles. The quantitative estimate of drug-likeness (QED) is 0.618. The summed E-state index contributed by atoms with van der Waals surface area (Å²) in [5.74, 6) is 0.0494. The molecule has 0 radical (unpaired) electrons. The Morgan fingerprint density at radius 1 is 1.19 bits per heavy atom. The minimum Gasteiger partial charge on any atom is -0.355 e. The third-order valence-electron chi connectivity index (χ3n) is 4.46. The predicted molar refractivity (Wildman–Crippen MR) is 111 cm³/mol. The molecule has 1 aromatic carbocycles. The Morgan fingerprint density at radius 2 is 1.88 bits per heavy atom. The molecule has 144 valence electrons. The summed E-state index contributed by atoms with van der Waals surface area (Å²) in [6, 6.07) is 5.45. The van der Waals surface area contributed by atoms with Crippen LogP contribution in [0.5, 0.6) is 0 Å².